The van der Waals surface area contributed by atoms with Crippen molar-refractivity contribution in [2.45, 2.75) is 6.04 Å². The van der Waals surface area contributed by atoms with Crippen LogP contribution in [0.15, 0.2) is 0 Å². The molecule has 7 nitrogen and oxygen atoms in total. The topological polar surface area (TPSA) is 102 Å². The Kier molecular flexibility index (Phi) is 3.75. The Morgan fingerprint density at radius 3 is 2.53 bits per heavy atom. The molecular formula is C8H13N3O4. The lowest BCUT2D eigenvalue weighted by Gasteiger charge is -2.27. The first-order chi connectivity index (χ1) is 7.04. The number of nitrogens with two attached hydrogens (primary N) is 1. The molecular weight excluding hydrogens is 202 g/mol. The number of hydrogen-bond donors (Lipinski definition) is 2. The summed E-state index contributed by atoms with van der Waals surface area (Å²) in [6, 6.07) is -0.839. The highest BCUT2D eigenvalue weighted by atomic mass is 16.5. The predicted molar refractivity (Wildman–Crippen MR) is 49.6 cm³/mol. The van der Waals surface area contributed by atoms with E-state index in [1.807, 2.05) is 0 Å². The molecule has 1 aliphatic heterocycles. The van der Waals surface area contributed by atoms with E-state index in [4.69, 9.17) is 10.5 Å². The van der Waals surface area contributed by atoms with E-state index in [1.54, 1.807) is 0 Å². The third kappa shape index (κ3) is 3.00. The molecule has 1 heterocycles. The van der Waals surface area contributed by atoms with Crippen LogP contribution in [0.4, 0.5) is 0 Å². The number of methoxy groups -OCH3 is 1. The summed E-state index contributed by atoms with van der Waals surface area (Å²) in [7, 11) is 1.42. The molecule has 1 unspecified atom stereocenters. The fourth-order valence-electron chi connectivity index (χ4n) is 1.28. The van der Waals surface area contributed by atoms with Crippen LogP contribution < -0.4 is 11.1 Å². The van der Waals surface area contributed by atoms with Crippen LogP contribution in [0.25, 0.3) is 0 Å². The lowest BCUT2D eigenvalue weighted by molar-refractivity contribution is -0.146. The largest absolute Gasteiger partial charge is 0.383 e. The number of imide groups is 1. The van der Waals surface area contributed by atoms with Crippen LogP contribution in [-0.2, 0) is 19.1 Å². The van der Waals surface area contributed by atoms with E-state index in [1.165, 1.54) is 7.11 Å². The van der Waals surface area contributed by atoms with E-state index in [9.17, 15) is 14.4 Å². The van der Waals surface area contributed by atoms with Crippen LogP contribution in [-0.4, -0.2) is 55.5 Å². The molecule has 84 valence electrons. The maximum Gasteiger partial charge on any atom is 0.246 e. The number of piperazine rings is 1. The molecule has 0 aromatic rings. The summed E-state index contributed by atoms with van der Waals surface area (Å²) < 4.78 is 4.71. The molecule has 0 aromatic carbocycles. The monoisotopic (exact) mass is 215 g/mol. The van der Waals surface area contributed by atoms with Crippen molar-refractivity contribution in [3.63, 3.8) is 0 Å². The summed E-state index contributed by atoms with van der Waals surface area (Å²) in [5.74, 6) is -1.45. The van der Waals surface area contributed by atoms with E-state index >= 15 is 0 Å². The van der Waals surface area contributed by atoms with Crippen LogP contribution in [0.1, 0.15) is 0 Å². The highest BCUT2D eigenvalue weighted by Crippen LogP contribution is 1.98. The normalized spacial score (nSPS) is 18.7. The summed E-state index contributed by atoms with van der Waals surface area (Å²) in [4.78, 5) is 34.6. The van der Waals surface area contributed by atoms with Gasteiger partial charge in [0.2, 0.25) is 17.7 Å². The number of nitrogens with one attached hydrogen (secondary N) is 1. The Bertz CT molecular complexity index is 276. The summed E-state index contributed by atoms with van der Waals surface area (Å²) >= 11 is 0. The fraction of sp³-hybridized carbons (Fsp3) is 0.625. The molecule has 1 fully saturated rings. The molecule has 7 heteroatoms. The molecule has 1 aliphatic rings. The number of hydrogen-bond acceptors (Lipinski definition) is 5. The van der Waals surface area contributed by atoms with Crippen molar-refractivity contribution in [3.8, 4) is 0 Å². The quantitative estimate of drug-likeness (QED) is 0.504. The molecule has 1 rings (SSSR count). The second-order valence-electron chi connectivity index (χ2n) is 3.23. The average Bonchev–Trinajstić information content (AvgIpc) is 2.15. The van der Waals surface area contributed by atoms with E-state index in [0.29, 0.717) is 0 Å². The van der Waals surface area contributed by atoms with Gasteiger partial charge in [0, 0.05) is 7.11 Å². The van der Waals surface area contributed by atoms with Gasteiger partial charge in [-0.3, -0.25) is 19.7 Å². The number of amides is 3. The van der Waals surface area contributed by atoms with Gasteiger partial charge in [-0.15, -0.1) is 0 Å². The first kappa shape index (κ1) is 11.6. The summed E-state index contributed by atoms with van der Waals surface area (Å²) in [5, 5.41) is 2.09. The molecule has 0 aromatic heterocycles. The second-order valence-corrected chi connectivity index (χ2v) is 3.23. The first-order valence-corrected chi connectivity index (χ1v) is 4.40. The van der Waals surface area contributed by atoms with E-state index < -0.39 is 23.8 Å². The van der Waals surface area contributed by atoms with E-state index in [0.717, 1.165) is 4.90 Å². The van der Waals surface area contributed by atoms with Crippen molar-refractivity contribution in [2.75, 3.05) is 26.8 Å². The fourth-order valence-corrected chi connectivity index (χ4v) is 1.28. The Morgan fingerprint density at radius 2 is 2.07 bits per heavy atom. The van der Waals surface area contributed by atoms with Crippen molar-refractivity contribution in [1.29, 1.82) is 0 Å². The lowest BCUT2D eigenvalue weighted by atomic mass is 10.2. The Labute approximate surface area is 86.5 Å². The zero-order valence-corrected chi connectivity index (χ0v) is 8.36. The minimum Gasteiger partial charge on any atom is -0.383 e. The van der Waals surface area contributed by atoms with Gasteiger partial charge in [-0.05, 0) is 0 Å². The maximum absolute atomic E-state index is 11.6. The zero-order valence-electron chi connectivity index (χ0n) is 8.36. The van der Waals surface area contributed by atoms with Gasteiger partial charge in [-0.1, -0.05) is 0 Å². The number of carbonyl (C=O) groups excluding carboxylic acids is 3. The standard InChI is InChI=1S/C8H13N3O4/c1-15-4-5(9)8(14)11-2-6(12)10-7(13)3-11/h5H,2-4,9H2,1H3,(H,10,12,13). The molecule has 1 atom stereocenters. The third-order valence-electron chi connectivity index (χ3n) is 1.92. The maximum atomic E-state index is 11.6. The highest BCUT2D eigenvalue weighted by Gasteiger charge is 2.29. The zero-order chi connectivity index (χ0) is 11.4. The Hall–Kier alpha value is -1.47. The lowest BCUT2D eigenvalue weighted by Crippen LogP contribution is -2.57. The number of rotatable bonds is 3. The summed E-state index contributed by atoms with van der Waals surface area (Å²) in [6.45, 7) is -0.213. The molecule has 3 amide bonds. The SMILES string of the molecule is COCC(N)C(=O)N1CC(=O)NC(=O)C1. The van der Waals surface area contributed by atoms with Gasteiger partial charge in [-0.2, -0.15) is 0 Å². The van der Waals surface area contributed by atoms with Gasteiger partial charge < -0.3 is 15.4 Å². The molecule has 0 bridgehead atoms. The third-order valence-corrected chi connectivity index (χ3v) is 1.92. The van der Waals surface area contributed by atoms with Crippen LogP contribution in [0, 0.1) is 0 Å². The molecule has 15 heavy (non-hydrogen) atoms. The highest BCUT2D eigenvalue weighted by molar-refractivity contribution is 6.03. The van der Waals surface area contributed by atoms with Crippen molar-refractivity contribution in [1.82, 2.24) is 10.2 Å². The molecule has 3 N–H and O–H groups in total. The summed E-state index contributed by atoms with van der Waals surface area (Å²) in [6.07, 6.45) is 0. The van der Waals surface area contributed by atoms with Crippen LogP contribution in [0.5, 0.6) is 0 Å². The van der Waals surface area contributed by atoms with Gasteiger partial charge in [0.25, 0.3) is 0 Å². The van der Waals surface area contributed by atoms with Gasteiger partial charge in [0.05, 0.1) is 6.61 Å². The number of nitrogens with zero attached hydrogens (tertiary/aromatic N) is 1. The molecule has 0 spiro atoms. The second kappa shape index (κ2) is 4.85. The molecule has 0 radical (unpaired) electrons. The smallest absolute Gasteiger partial charge is 0.246 e. The Morgan fingerprint density at radius 1 is 1.53 bits per heavy atom. The molecule has 1 saturated heterocycles. The van der Waals surface area contributed by atoms with Crippen LogP contribution >= 0.6 is 0 Å². The minimum atomic E-state index is -0.839. The molecule has 0 saturated carbocycles. The number of carbonyl (C=O) groups is 3. The van der Waals surface area contributed by atoms with Gasteiger partial charge in [0.15, 0.2) is 0 Å². The number of ether oxygens (including phenoxy) is 1. The predicted octanol–water partition coefficient (Wildman–Crippen LogP) is -2.55. The van der Waals surface area contributed by atoms with Gasteiger partial charge >= 0.3 is 0 Å². The van der Waals surface area contributed by atoms with E-state index in [2.05, 4.69) is 5.32 Å². The molecule has 0 aliphatic carbocycles. The van der Waals surface area contributed by atoms with Crippen LogP contribution in [0.2, 0.25) is 0 Å². The summed E-state index contributed by atoms with van der Waals surface area (Å²) in [5.41, 5.74) is 5.49. The first-order valence-electron chi connectivity index (χ1n) is 4.40. The van der Waals surface area contributed by atoms with Gasteiger partial charge in [0.1, 0.15) is 19.1 Å². The van der Waals surface area contributed by atoms with Crippen molar-refractivity contribution < 1.29 is 19.1 Å². The van der Waals surface area contributed by atoms with Crippen LogP contribution in [0.3, 0.4) is 0 Å². The van der Waals surface area contributed by atoms with Crippen molar-refractivity contribution >= 4 is 17.7 Å². The minimum absolute atomic E-state index is 0.0607. The van der Waals surface area contributed by atoms with Gasteiger partial charge in [-0.25, -0.2) is 0 Å². The van der Waals surface area contributed by atoms with Crippen molar-refractivity contribution in [3.05, 3.63) is 0 Å². The Balaban J connectivity index is 2.58. The van der Waals surface area contributed by atoms with Crippen molar-refractivity contribution in [2.24, 2.45) is 5.73 Å². The average molecular weight is 215 g/mol. The van der Waals surface area contributed by atoms with E-state index in [-0.39, 0.29) is 19.7 Å².